The van der Waals surface area contributed by atoms with Gasteiger partial charge in [0.05, 0.1) is 11.8 Å². The first-order valence-corrected chi connectivity index (χ1v) is 8.75. The van der Waals surface area contributed by atoms with Gasteiger partial charge in [-0.3, -0.25) is 4.79 Å². The maximum atomic E-state index is 13.6. The second-order valence-electron chi connectivity index (χ2n) is 5.50. The number of nitrogens with one attached hydrogen (secondary N) is 1. The Kier molecular flexibility index (Phi) is 5.47. The second-order valence-corrected chi connectivity index (χ2v) is 6.43. The van der Waals surface area contributed by atoms with Crippen molar-refractivity contribution in [3.8, 4) is 5.75 Å². The van der Waals surface area contributed by atoms with Crippen LogP contribution in [0.2, 0.25) is 0 Å². The molecule has 1 aromatic heterocycles. The molecule has 0 bridgehead atoms. The van der Waals surface area contributed by atoms with Crippen LogP contribution < -0.4 is 10.1 Å². The topological polar surface area (TPSA) is 77.2 Å². The predicted molar refractivity (Wildman–Crippen MR) is 86.5 cm³/mol. The van der Waals surface area contributed by atoms with E-state index in [0.29, 0.717) is 5.22 Å². The van der Waals surface area contributed by atoms with E-state index in [1.54, 1.807) is 19.1 Å². The number of carbonyl (C=O) groups excluding carboxylic acids is 1. The van der Waals surface area contributed by atoms with Gasteiger partial charge in [0.15, 0.2) is 23.5 Å². The average Bonchev–Trinajstić information content (AvgIpc) is 3.26. The third-order valence-corrected chi connectivity index (χ3v) is 4.54. The van der Waals surface area contributed by atoms with E-state index in [-0.39, 0.29) is 29.2 Å². The van der Waals surface area contributed by atoms with Crippen LogP contribution in [0.3, 0.4) is 0 Å². The Hall–Kier alpha value is -1.93. The predicted octanol–water partition coefficient (Wildman–Crippen LogP) is 2.76. The highest BCUT2D eigenvalue weighted by molar-refractivity contribution is 7.99. The molecule has 0 amide bonds. The Balaban J connectivity index is 1.54. The summed E-state index contributed by atoms with van der Waals surface area (Å²) in [5.74, 6) is 0.329. The van der Waals surface area contributed by atoms with Crippen molar-refractivity contribution >= 4 is 17.5 Å². The highest BCUT2D eigenvalue weighted by Gasteiger charge is 2.23. The van der Waals surface area contributed by atoms with Crippen molar-refractivity contribution in [1.82, 2.24) is 15.5 Å². The molecule has 2 atom stereocenters. The van der Waals surface area contributed by atoms with Crippen LogP contribution in [0.25, 0.3) is 0 Å². The minimum absolute atomic E-state index is 0.0665. The van der Waals surface area contributed by atoms with Crippen LogP contribution in [-0.4, -0.2) is 34.3 Å². The van der Waals surface area contributed by atoms with E-state index in [0.717, 1.165) is 19.4 Å². The number of para-hydroxylation sites is 1. The quantitative estimate of drug-likeness (QED) is 0.769. The molecular weight excluding hydrogens is 333 g/mol. The average molecular weight is 351 g/mol. The van der Waals surface area contributed by atoms with Gasteiger partial charge < -0.3 is 14.5 Å². The van der Waals surface area contributed by atoms with E-state index in [2.05, 4.69) is 15.5 Å². The molecule has 6 nitrogen and oxygen atoms in total. The Bertz CT molecular complexity index is 703. The summed E-state index contributed by atoms with van der Waals surface area (Å²) in [5.41, 5.74) is 0. The number of ketones is 1. The van der Waals surface area contributed by atoms with Gasteiger partial charge >= 0.3 is 0 Å². The first-order chi connectivity index (χ1) is 11.6. The van der Waals surface area contributed by atoms with Gasteiger partial charge in [-0.25, -0.2) is 4.39 Å². The van der Waals surface area contributed by atoms with Crippen LogP contribution in [-0.2, 0) is 4.79 Å². The Morgan fingerprint density at radius 3 is 3.08 bits per heavy atom. The Morgan fingerprint density at radius 2 is 2.33 bits per heavy atom. The van der Waals surface area contributed by atoms with Gasteiger partial charge in [0.25, 0.3) is 11.1 Å². The van der Waals surface area contributed by atoms with E-state index in [1.807, 2.05) is 0 Å². The van der Waals surface area contributed by atoms with E-state index >= 15 is 0 Å². The summed E-state index contributed by atoms with van der Waals surface area (Å²) < 4.78 is 24.6. The van der Waals surface area contributed by atoms with Gasteiger partial charge in [0.2, 0.25) is 0 Å². The molecule has 1 aromatic carbocycles. The number of hydrogen-bond donors (Lipinski definition) is 1. The fraction of sp³-hybridized carbons (Fsp3) is 0.438. The number of aromatic nitrogens is 2. The lowest BCUT2D eigenvalue weighted by molar-refractivity contribution is -0.118. The molecular formula is C16H18FN3O3S. The van der Waals surface area contributed by atoms with Crippen LogP contribution in [0.4, 0.5) is 4.39 Å². The molecule has 8 heteroatoms. The highest BCUT2D eigenvalue weighted by atomic mass is 32.2. The first-order valence-electron chi connectivity index (χ1n) is 7.77. The maximum absolute atomic E-state index is 13.6. The Morgan fingerprint density at radius 1 is 1.50 bits per heavy atom. The molecule has 0 radical (unpaired) electrons. The third-order valence-electron chi connectivity index (χ3n) is 3.70. The number of hydrogen-bond acceptors (Lipinski definition) is 7. The number of benzene rings is 1. The summed E-state index contributed by atoms with van der Waals surface area (Å²) in [6.07, 6.45) is 1.31. The zero-order valence-corrected chi connectivity index (χ0v) is 14.0. The molecule has 0 saturated carbocycles. The molecule has 1 saturated heterocycles. The largest absolute Gasteiger partial charge is 0.478 e. The van der Waals surface area contributed by atoms with Crippen molar-refractivity contribution < 1.29 is 18.3 Å². The molecule has 1 aliphatic rings. The summed E-state index contributed by atoms with van der Waals surface area (Å²) in [4.78, 5) is 12.0. The number of Topliss-reactive ketones (excluding diaryl/α,β-unsaturated/α-hetero) is 1. The second kappa shape index (κ2) is 7.76. The van der Waals surface area contributed by atoms with Crippen molar-refractivity contribution in [2.24, 2.45) is 0 Å². The minimum Gasteiger partial charge on any atom is -0.478 e. The van der Waals surface area contributed by atoms with Crippen LogP contribution in [0.15, 0.2) is 33.9 Å². The molecule has 1 fully saturated rings. The monoisotopic (exact) mass is 351 g/mol. The summed E-state index contributed by atoms with van der Waals surface area (Å²) in [7, 11) is 0. The van der Waals surface area contributed by atoms with Crippen molar-refractivity contribution in [3.05, 3.63) is 36.0 Å². The van der Waals surface area contributed by atoms with Gasteiger partial charge in [-0.15, -0.1) is 10.2 Å². The standard InChI is InChI=1S/C16H18FN3O3S/c1-10(22-14-7-3-2-5-11(14)17)15-19-20-16(23-15)24-9-13(21)12-6-4-8-18-12/h2-3,5,7,10,12,18H,4,6,8-9H2,1H3. The van der Waals surface area contributed by atoms with Crippen LogP contribution in [0.5, 0.6) is 5.75 Å². The molecule has 0 spiro atoms. The lowest BCUT2D eigenvalue weighted by Gasteiger charge is -2.11. The fourth-order valence-corrected chi connectivity index (χ4v) is 3.13. The zero-order chi connectivity index (χ0) is 16.9. The van der Waals surface area contributed by atoms with Crippen LogP contribution in [0.1, 0.15) is 31.8 Å². The van der Waals surface area contributed by atoms with E-state index < -0.39 is 11.9 Å². The molecule has 2 unspecified atom stereocenters. The zero-order valence-electron chi connectivity index (χ0n) is 13.2. The molecule has 1 N–H and O–H groups in total. The normalized spacial score (nSPS) is 18.5. The number of ether oxygens (including phenoxy) is 1. The van der Waals surface area contributed by atoms with Crippen molar-refractivity contribution in [2.45, 2.75) is 37.1 Å². The lowest BCUT2D eigenvalue weighted by Crippen LogP contribution is -2.31. The number of carbonyl (C=O) groups is 1. The van der Waals surface area contributed by atoms with Crippen molar-refractivity contribution in [1.29, 1.82) is 0 Å². The molecule has 128 valence electrons. The van der Waals surface area contributed by atoms with E-state index in [1.165, 1.54) is 23.9 Å². The molecule has 24 heavy (non-hydrogen) atoms. The molecule has 2 aromatic rings. The maximum Gasteiger partial charge on any atom is 0.277 e. The van der Waals surface area contributed by atoms with Gasteiger partial charge in [0.1, 0.15) is 0 Å². The third kappa shape index (κ3) is 4.12. The summed E-state index contributed by atoms with van der Waals surface area (Å²) in [5, 5.41) is 11.3. The fourth-order valence-electron chi connectivity index (χ4n) is 2.42. The van der Waals surface area contributed by atoms with Gasteiger partial charge in [-0.2, -0.15) is 0 Å². The van der Waals surface area contributed by atoms with Crippen molar-refractivity contribution in [3.63, 3.8) is 0 Å². The highest BCUT2D eigenvalue weighted by Crippen LogP contribution is 2.25. The number of rotatable bonds is 7. The minimum atomic E-state index is -0.587. The number of thioether (sulfide) groups is 1. The summed E-state index contributed by atoms with van der Waals surface area (Å²) in [6.45, 7) is 2.58. The van der Waals surface area contributed by atoms with Gasteiger partial charge in [-0.05, 0) is 38.4 Å². The molecule has 1 aliphatic heterocycles. The number of nitrogens with zero attached hydrogens (tertiary/aromatic N) is 2. The molecule has 0 aliphatic carbocycles. The summed E-state index contributed by atoms with van der Waals surface area (Å²) >= 11 is 1.20. The van der Waals surface area contributed by atoms with Crippen LogP contribution >= 0.6 is 11.8 Å². The molecule has 3 rings (SSSR count). The van der Waals surface area contributed by atoms with Gasteiger partial charge in [-0.1, -0.05) is 23.9 Å². The van der Waals surface area contributed by atoms with E-state index in [9.17, 15) is 9.18 Å². The number of halogens is 1. The SMILES string of the molecule is CC(Oc1ccccc1F)c1nnc(SCC(=O)C2CCCN2)o1. The lowest BCUT2D eigenvalue weighted by atomic mass is 10.2. The van der Waals surface area contributed by atoms with E-state index in [4.69, 9.17) is 9.15 Å². The smallest absolute Gasteiger partial charge is 0.277 e. The van der Waals surface area contributed by atoms with Crippen molar-refractivity contribution in [2.75, 3.05) is 12.3 Å². The van der Waals surface area contributed by atoms with Gasteiger partial charge in [0, 0.05) is 0 Å². The molecule has 2 heterocycles. The Labute approximate surface area is 143 Å². The van der Waals surface area contributed by atoms with Crippen LogP contribution in [0, 0.1) is 5.82 Å². The first kappa shape index (κ1) is 16.9. The summed E-state index contributed by atoms with van der Waals surface area (Å²) in [6, 6.07) is 6.06.